The number of Topliss-reactive ketones (excluding diaryl/α,β-unsaturated/α-hetero) is 1. The molecule has 0 aliphatic heterocycles. The van der Waals surface area contributed by atoms with Gasteiger partial charge >= 0.3 is 5.97 Å². The first-order chi connectivity index (χ1) is 15.9. The number of nitrogens with one attached hydrogen (secondary N) is 1. The molecule has 3 aromatic carbocycles. The third-order valence-electron chi connectivity index (χ3n) is 5.26. The minimum atomic E-state index is -0.884. The van der Waals surface area contributed by atoms with Crippen LogP contribution in [0.15, 0.2) is 89.4 Å². The molecule has 0 spiro atoms. The summed E-state index contributed by atoms with van der Waals surface area (Å²) in [5.74, 6) is -2.05. The number of ether oxygens (including phenoxy) is 1. The maximum atomic E-state index is 13.4. The van der Waals surface area contributed by atoms with Crippen molar-refractivity contribution in [1.82, 2.24) is 5.32 Å². The molecule has 3 rings (SSSR count). The molecule has 170 valence electrons. The molecule has 1 atom stereocenters. The maximum absolute atomic E-state index is 13.4. The monoisotopic (exact) mass is 507 g/mol. The molecule has 0 fully saturated rings. The first-order valence-corrected chi connectivity index (χ1v) is 11.5. The van der Waals surface area contributed by atoms with Crippen molar-refractivity contribution in [2.75, 3.05) is 6.61 Å². The van der Waals surface area contributed by atoms with Gasteiger partial charge in [-0.05, 0) is 29.2 Å². The highest BCUT2D eigenvalue weighted by Gasteiger charge is 2.31. The van der Waals surface area contributed by atoms with Gasteiger partial charge < -0.3 is 10.1 Å². The van der Waals surface area contributed by atoms with Gasteiger partial charge in [0.15, 0.2) is 12.4 Å². The van der Waals surface area contributed by atoms with Crippen molar-refractivity contribution in [2.45, 2.75) is 25.8 Å². The van der Waals surface area contributed by atoms with Crippen LogP contribution in [0.1, 0.15) is 41.3 Å². The Morgan fingerprint density at radius 2 is 1.33 bits per heavy atom. The maximum Gasteiger partial charge on any atom is 0.329 e. The normalized spacial score (nSPS) is 11.8. The van der Waals surface area contributed by atoms with Gasteiger partial charge in [-0.1, -0.05) is 103 Å². The highest BCUT2D eigenvalue weighted by molar-refractivity contribution is 9.10. The van der Waals surface area contributed by atoms with Crippen LogP contribution in [-0.2, 0) is 14.3 Å². The zero-order valence-corrected chi connectivity index (χ0v) is 20.1. The van der Waals surface area contributed by atoms with E-state index in [-0.39, 0.29) is 24.2 Å². The highest BCUT2D eigenvalue weighted by atomic mass is 79.9. The molecule has 5 nitrogen and oxygen atoms in total. The Labute approximate surface area is 202 Å². The fourth-order valence-electron chi connectivity index (χ4n) is 3.47. The van der Waals surface area contributed by atoms with Gasteiger partial charge in [-0.15, -0.1) is 0 Å². The van der Waals surface area contributed by atoms with Crippen molar-refractivity contribution in [3.05, 3.63) is 106 Å². The topological polar surface area (TPSA) is 72.5 Å². The lowest BCUT2D eigenvalue weighted by Crippen LogP contribution is -2.47. The van der Waals surface area contributed by atoms with Gasteiger partial charge in [0, 0.05) is 10.0 Å². The van der Waals surface area contributed by atoms with E-state index in [1.807, 2.05) is 74.5 Å². The van der Waals surface area contributed by atoms with Crippen LogP contribution in [0.2, 0.25) is 0 Å². The second-order valence-electron chi connectivity index (χ2n) is 8.02. The minimum Gasteiger partial charge on any atom is -0.456 e. The van der Waals surface area contributed by atoms with Crippen LogP contribution >= 0.6 is 15.9 Å². The zero-order valence-electron chi connectivity index (χ0n) is 18.5. The molecule has 0 bridgehead atoms. The molecule has 6 heteroatoms. The molecule has 0 heterocycles. The number of amides is 1. The van der Waals surface area contributed by atoms with E-state index in [9.17, 15) is 14.4 Å². The fourth-order valence-corrected chi connectivity index (χ4v) is 3.73. The Morgan fingerprint density at radius 3 is 1.82 bits per heavy atom. The molecule has 1 N–H and O–H groups in total. The van der Waals surface area contributed by atoms with Crippen molar-refractivity contribution in [3.63, 3.8) is 0 Å². The number of rotatable bonds is 9. The molecule has 0 aliphatic rings. The van der Waals surface area contributed by atoms with Crippen LogP contribution in [-0.4, -0.2) is 30.3 Å². The van der Waals surface area contributed by atoms with Gasteiger partial charge in [0.05, 0.1) is 5.92 Å². The molecule has 0 aliphatic carbocycles. The van der Waals surface area contributed by atoms with Crippen LogP contribution in [0.25, 0.3) is 0 Å². The molecule has 1 amide bonds. The third kappa shape index (κ3) is 6.62. The number of ketones is 1. The van der Waals surface area contributed by atoms with Gasteiger partial charge in [-0.2, -0.15) is 0 Å². The molecule has 3 aromatic rings. The van der Waals surface area contributed by atoms with Gasteiger partial charge in [-0.25, -0.2) is 4.79 Å². The van der Waals surface area contributed by atoms with E-state index in [0.29, 0.717) is 5.56 Å². The van der Waals surface area contributed by atoms with Gasteiger partial charge in [0.2, 0.25) is 5.91 Å². The Morgan fingerprint density at radius 1 is 0.818 bits per heavy atom. The Hall–Kier alpha value is -3.25. The number of carbonyl (C=O) groups is 3. The SMILES string of the molecule is CC(C)[C@@H](NC(=O)C(c1ccccc1)c1ccccc1)C(=O)OCC(=O)c1ccc(Br)cc1. The van der Waals surface area contributed by atoms with Crippen LogP contribution in [0, 0.1) is 5.92 Å². The van der Waals surface area contributed by atoms with Crippen LogP contribution in [0.4, 0.5) is 0 Å². The largest absolute Gasteiger partial charge is 0.456 e. The second-order valence-corrected chi connectivity index (χ2v) is 8.94. The van der Waals surface area contributed by atoms with Crippen molar-refractivity contribution < 1.29 is 19.1 Å². The molecule has 0 aromatic heterocycles. The second kappa shape index (κ2) is 11.6. The van der Waals surface area contributed by atoms with Crippen molar-refractivity contribution in [3.8, 4) is 0 Å². The summed E-state index contributed by atoms with van der Waals surface area (Å²) in [5.41, 5.74) is 2.09. The van der Waals surface area contributed by atoms with Crippen LogP contribution < -0.4 is 5.32 Å². The fraction of sp³-hybridized carbons (Fsp3) is 0.222. The number of hydrogen-bond acceptors (Lipinski definition) is 4. The Bertz CT molecular complexity index is 1040. The van der Waals surface area contributed by atoms with Crippen LogP contribution in [0.3, 0.4) is 0 Å². The highest BCUT2D eigenvalue weighted by Crippen LogP contribution is 2.25. The summed E-state index contributed by atoms with van der Waals surface area (Å²) in [6.45, 7) is 3.26. The average molecular weight is 508 g/mol. The summed E-state index contributed by atoms with van der Waals surface area (Å²) in [6.07, 6.45) is 0. The lowest BCUT2D eigenvalue weighted by Gasteiger charge is -2.24. The number of esters is 1. The zero-order chi connectivity index (χ0) is 23.8. The molecule has 0 saturated heterocycles. The van der Waals surface area contributed by atoms with E-state index in [2.05, 4.69) is 21.2 Å². The third-order valence-corrected chi connectivity index (χ3v) is 5.79. The first kappa shape index (κ1) is 24.4. The standard InChI is InChI=1S/C27H26BrNO4/c1-18(2)25(27(32)33-17-23(30)19-13-15-22(28)16-14-19)29-26(31)24(20-9-5-3-6-10-20)21-11-7-4-8-12-21/h3-16,18,24-25H,17H2,1-2H3,(H,29,31)/t25-/m1/s1. The van der Waals surface area contributed by atoms with Crippen molar-refractivity contribution >= 4 is 33.6 Å². The van der Waals surface area contributed by atoms with E-state index in [1.54, 1.807) is 24.3 Å². The lowest BCUT2D eigenvalue weighted by molar-refractivity contribution is -0.148. The van der Waals surface area contributed by atoms with E-state index in [4.69, 9.17) is 4.74 Å². The molecule has 33 heavy (non-hydrogen) atoms. The number of carbonyl (C=O) groups excluding carboxylic acids is 3. The average Bonchev–Trinajstić information content (AvgIpc) is 2.82. The van der Waals surface area contributed by atoms with E-state index in [1.165, 1.54) is 0 Å². The van der Waals surface area contributed by atoms with E-state index in [0.717, 1.165) is 15.6 Å². The van der Waals surface area contributed by atoms with Crippen molar-refractivity contribution in [2.24, 2.45) is 5.92 Å². The molecule has 0 saturated carbocycles. The molecule has 0 radical (unpaired) electrons. The predicted octanol–water partition coefficient (Wildman–Crippen LogP) is 5.15. The van der Waals surface area contributed by atoms with Gasteiger partial charge in [0.25, 0.3) is 0 Å². The molecular formula is C27H26BrNO4. The van der Waals surface area contributed by atoms with E-state index < -0.39 is 17.9 Å². The van der Waals surface area contributed by atoms with Crippen molar-refractivity contribution in [1.29, 1.82) is 0 Å². The Balaban J connectivity index is 1.73. The summed E-state index contributed by atoms with van der Waals surface area (Å²) in [6, 6.07) is 24.8. The summed E-state index contributed by atoms with van der Waals surface area (Å²) >= 11 is 3.32. The Kier molecular flexibility index (Phi) is 8.55. The minimum absolute atomic E-state index is 0.226. The molecule has 0 unspecified atom stereocenters. The number of hydrogen-bond donors (Lipinski definition) is 1. The molecular weight excluding hydrogens is 482 g/mol. The smallest absolute Gasteiger partial charge is 0.329 e. The van der Waals surface area contributed by atoms with Crippen LogP contribution in [0.5, 0.6) is 0 Å². The quantitative estimate of drug-likeness (QED) is 0.321. The summed E-state index contributed by atoms with van der Waals surface area (Å²) < 4.78 is 6.14. The van der Waals surface area contributed by atoms with Gasteiger partial charge in [0.1, 0.15) is 6.04 Å². The number of benzene rings is 3. The number of halogens is 1. The van der Waals surface area contributed by atoms with Gasteiger partial charge in [-0.3, -0.25) is 9.59 Å². The van der Waals surface area contributed by atoms with E-state index >= 15 is 0 Å². The lowest BCUT2D eigenvalue weighted by atomic mass is 9.90. The summed E-state index contributed by atoms with van der Waals surface area (Å²) in [4.78, 5) is 38.5. The predicted molar refractivity (Wildman–Crippen MR) is 131 cm³/mol. The summed E-state index contributed by atoms with van der Waals surface area (Å²) in [7, 11) is 0. The summed E-state index contributed by atoms with van der Waals surface area (Å²) in [5, 5.41) is 2.85. The first-order valence-electron chi connectivity index (χ1n) is 10.7.